The van der Waals surface area contributed by atoms with Gasteiger partial charge in [0.25, 0.3) is 0 Å². The third kappa shape index (κ3) is 8.44. The highest BCUT2D eigenvalue weighted by Gasteiger charge is 2.02. The largest absolute Gasteiger partial charge is 0.466 e. The zero-order valence-electron chi connectivity index (χ0n) is 12.7. The van der Waals surface area contributed by atoms with E-state index in [1.165, 1.54) is 13.2 Å². The van der Waals surface area contributed by atoms with E-state index in [9.17, 15) is 9.59 Å². The minimum absolute atomic E-state index is 0. The SMILES string of the molecule is COC(=O)C=Cc1ccc(NC(=O)CCCCCN)cc1.Cl. The van der Waals surface area contributed by atoms with Crippen LogP contribution in [0.4, 0.5) is 5.69 Å². The molecular weight excluding hydrogens is 304 g/mol. The highest BCUT2D eigenvalue weighted by Crippen LogP contribution is 2.12. The summed E-state index contributed by atoms with van der Waals surface area (Å²) in [6, 6.07) is 7.25. The number of unbranched alkanes of at least 4 members (excludes halogenated alkanes) is 2. The van der Waals surface area contributed by atoms with Gasteiger partial charge >= 0.3 is 5.97 Å². The number of methoxy groups -OCH3 is 1. The highest BCUT2D eigenvalue weighted by molar-refractivity contribution is 5.91. The van der Waals surface area contributed by atoms with Crippen LogP contribution in [-0.4, -0.2) is 25.5 Å². The Balaban J connectivity index is 0.00000441. The van der Waals surface area contributed by atoms with Crippen molar-refractivity contribution in [3.63, 3.8) is 0 Å². The van der Waals surface area contributed by atoms with Gasteiger partial charge < -0.3 is 15.8 Å². The van der Waals surface area contributed by atoms with E-state index in [0.717, 1.165) is 30.5 Å². The molecule has 0 aromatic heterocycles. The normalized spacial score (nSPS) is 10.1. The van der Waals surface area contributed by atoms with Crippen LogP contribution in [0.3, 0.4) is 0 Å². The van der Waals surface area contributed by atoms with Crippen molar-refractivity contribution in [2.75, 3.05) is 19.0 Å². The number of anilines is 1. The molecule has 0 aliphatic heterocycles. The lowest BCUT2D eigenvalue weighted by molar-refractivity contribution is -0.134. The molecule has 6 heteroatoms. The lowest BCUT2D eigenvalue weighted by atomic mass is 10.1. The molecule has 0 radical (unpaired) electrons. The Morgan fingerprint density at radius 3 is 2.45 bits per heavy atom. The molecule has 5 nitrogen and oxygen atoms in total. The lowest BCUT2D eigenvalue weighted by Crippen LogP contribution is -2.11. The van der Waals surface area contributed by atoms with Crippen molar-refractivity contribution in [2.24, 2.45) is 5.73 Å². The highest BCUT2D eigenvalue weighted by atomic mass is 35.5. The van der Waals surface area contributed by atoms with Gasteiger partial charge in [0.2, 0.25) is 5.91 Å². The molecule has 3 N–H and O–H groups in total. The minimum atomic E-state index is -0.398. The van der Waals surface area contributed by atoms with Crippen LogP contribution >= 0.6 is 12.4 Å². The van der Waals surface area contributed by atoms with Crippen molar-refractivity contribution < 1.29 is 14.3 Å². The number of hydrogen-bond acceptors (Lipinski definition) is 4. The summed E-state index contributed by atoms with van der Waals surface area (Å²) >= 11 is 0. The number of halogens is 1. The number of nitrogens with two attached hydrogens (primary N) is 1. The molecule has 0 aliphatic carbocycles. The van der Waals surface area contributed by atoms with E-state index < -0.39 is 5.97 Å². The van der Waals surface area contributed by atoms with Gasteiger partial charge in [-0.25, -0.2) is 4.79 Å². The Kier molecular flexibility index (Phi) is 10.8. The number of carbonyl (C=O) groups excluding carboxylic acids is 2. The molecule has 0 unspecified atom stereocenters. The quantitative estimate of drug-likeness (QED) is 0.437. The Morgan fingerprint density at radius 1 is 1.18 bits per heavy atom. The Morgan fingerprint density at radius 2 is 1.86 bits per heavy atom. The van der Waals surface area contributed by atoms with E-state index in [-0.39, 0.29) is 18.3 Å². The van der Waals surface area contributed by atoms with Crippen molar-refractivity contribution in [1.29, 1.82) is 0 Å². The summed E-state index contributed by atoms with van der Waals surface area (Å²) in [5.41, 5.74) is 7.01. The fourth-order valence-corrected chi connectivity index (χ4v) is 1.74. The summed E-state index contributed by atoms with van der Waals surface area (Å²) in [7, 11) is 1.33. The molecule has 122 valence electrons. The molecule has 22 heavy (non-hydrogen) atoms. The van der Waals surface area contributed by atoms with Crippen LogP contribution in [0.5, 0.6) is 0 Å². The third-order valence-electron chi connectivity index (χ3n) is 2.92. The zero-order valence-corrected chi connectivity index (χ0v) is 13.5. The molecule has 0 saturated carbocycles. The van der Waals surface area contributed by atoms with Gasteiger partial charge in [-0.05, 0) is 43.2 Å². The first kappa shape index (κ1) is 20.1. The molecule has 0 bridgehead atoms. The van der Waals surface area contributed by atoms with Gasteiger partial charge in [0.15, 0.2) is 0 Å². The number of nitrogens with one attached hydrogen (secondary N) is 1. The van der Waals surface area contributed by atoms with E-state index in [1.807, 2.05) is 12.1 Å². The predicted molar refractivity (Wildman–Crippen MR) is 90.9 cm³/mol. The van der Waals surface area contributed by atoms with Gasteiger partial charge in [-0.15, -0.1) is 12.4 Å². The first-order valence-corrected chi connectivity index (χ1v) is 7.01. The van der Waals surface area contributed by atoms with Crippen molar-refractivity contribution in [2.45, 2.75) is 25.7 Å². The maximum atomic E-state index is 11.7. The summed E-state index contributed by atoms with van der Waals surface area (Å²) in [5.74, 6) is -0.394. The Labute approximate surface area is 137 Å². The maximum Gasteiger partial charge on any atom is 0.330 e. The van der Waals surface area contributed by atoms with Crippen molar-refractivity contribution in [1.82, 2.24) is 0 Å². The average Bonchev–Trinajstić information content (AvgIpc) is 2.50. The van der Waals surface area contributed by atoms with Crippen LogP contribution in [0.2, 0.25) is 0 Å². The summed E-state index contributed by atoms with van der Waals surface area (Å²) in [6.45, 7) is 0.669. The Bertz CT molecular complexity index is 487. The van der Waals surface area contributed by atoms with Gasteiger partial charge in [-0.2, -0.15) is 0 Å². The average molecular weight is 327 g/mol. The number of rotatable bonds is 8. The molecular formula is C16H23ClN2O3. The third-order valence-corrected chi connectivity index (χ3v) is 2.92. The summed E-state index contributed by atoms with van der Waals surface area (Å²) < 4.78 is 4.51. The topological polar surface area (TPSA) is 81.4 Å². The molecule has 0 spiro atoms. The van der Waals surface area contributed by atoms with E-state index in [2.05, 4.69) is 10.1 Å². The number of esters is 1. The van der Waals surface area contributed by atoms with Gasteiger partial charge in [0.05, 0.1) is 7.11 Å². The summed E-state index contributed by atoms with van der Waals surface area (Å²) in [4.78, 5) is 22.7. The molecule has 1 rings (SSSR count). The fraction of sp³-hybridized carbons (Fsp3) is 0.375. The Hall–Kier alpha value is -1.85. The van der Waals surface area contributed by atoms with Crippen molar-refractivity contribution in [3.8, 4) is 0 Å². The van der Waals surface area contributed by atoms with E-state index >= 15 is 0 Å². The first-order valence-electron chi connectivity index (χ1n) is 7.01. The number of carbonyl (C=O) groups is 2. The van der Waals surface area contributed by atoms with Gasteiger partial charge in [-0.3, -0.25) is 4.79 Å². The van der Waals surface area contributed by atoms with Crippen LogP contribution in [-0.2, 0) is 14.3 Å². The second-order valence-electron chi connectivity index (χ2n) is 4.63. The zero-order chi connectivity index (χ0) is 15.5. The lowest BCUT2D eigenvalue weighted by Gasteiger charge is -2.05. The number of benzene rings is 1. The van der Waals surface area contributed by atoms with Crippen LogP contribution < -0.4 is 11.1 Å². The van der Waals surface area contributed by atoms with Crippen molar-refractivity contribution >= 4 is 36.0 Å². The molecule has 1 aromatic carbocycles. The van der Waals surface area contributed by atoms with E-state index in [1.54, 1.807) is 18.2 Å². The predicted octanol–water partition coefficient (Wildman–Crippen LogP) is 2.75. The van der Waals surface area contributed by atoms with Gasteiger partial charge in [-0.1, -0.05) is 18.6 Å². The summed E-state index contributed by atoms with van der Waals surface area (Å²) in [5, 5.41) is 2.84. The number of amides is 1. The first-order chi connectivity index (χ1) is 10.2. The minimum Gasteiger partial charge on any atom is -0.466 e. The van der Waals surface area contributed by atoms with Crippen LogP contribution in [0.15, 0.2) is 30.3 Å². The standard InChI is InChI=1S/C16H22N2O3.ClH/c1-21-16(20)11-8-13-6-9-14(10-7-13)18-15(19)5-3-2-4-12-17;/h6-11H,2-5,12,17H2,1H3,(H,18,19);1H. The van der Waals surface area contributed by atoms with Crippen LogP contribution in [0, 0.1) is 0 Å². The molecule has 0 atom stereocenters. The van der Waals surface area contributed by atoms with Crippen LogP contribution in [0.1, 0.15) is 31.2 Å². The molecule has 0 fully saturated rings. The molecule has 0 aliphatic rings. The fourth-order valence-electron chi connectivity index (χ4n) is 1.74. The maximum absolute atomic E-state index is 11.7. The van der Waals surface area contributed by atoms with E-state index in [0.29, 0.717) is 13.0 Å². The van der Waals surface area contributed by atoms with Gasteiger partial charge in [0, 0.05) is 18.2 Å². The second kappa shape index (κ2) is 11.8. The smallest absolute Gasteiger partial charge is 0.330 e. The van der Waals surface area contributed by atoms with Crippen LogP contribution in [0.25, 0.3) is 6.08 Å². The van der Waals surface area contributed by atoms with Crippen molar-refractivity contribution in [3.05, 3.63) is 35.9 Å². The molecule has 0 heterocycles. The number of ether oxygens (including phenoxy) is 1. The molecule has 1 amide bonds. The monoisotopic (exact) mass is 326 g/mol. The molecule has 1 aromatic rings. The summed E-state index contributed by atoms with van der Waals surface area (Å²) in [6.07, 6.45) is 6.29. The van der Waals surface area contributed by atoms with E-state index in [4.69, 9.17) is 5.73 Å². The number of hydrogen-bond donors (Lipinski definition) is 2. The second-order valence-corrected chi connectivity index (χ2v) is 4.63. The molecule has 0 saturated heterocycles. The van der Waals surface area contributed by atoms with Gasteiger partial charge in [0.1, 0.15) is 0 Å².